The van der Waals surface area contributed by atoms with Crippen LogP contribution in [0, 0.1) is 11.6 Å². The molecular weight excluding hydrogens is 348 g/mol. The van der Waals surface area contributed by atoms with E-state index in [-0.39, 0.29) is 11.3 Å². The van der Waals surface area contributed by atoms with E-state index in [1.54, 1.807) is 32.1 Å². The molecule has 2 aromatic rings. The molecule has 0 saturated carbocycles. The number of nitrogens with one attached hydrogen (secondary N) is 1. The second kappa shape index (κ2) is 8.43. The van der Waals surface area contributed by atoms with Gasteiger partial charge in [-0.1, -0.05) is 29.8 Å². The van der Waals surface area contributed by atoms with Crippen molar-refractivity contribution >= 4 is 28.9 Å². The zero-order valence-electron chi connectivity index (χ0n) is 13.9. The summed E-state index contributed by atoms with van der Waals surface area (Å²) in [5, 5.41) is 21.5. The zero-order chi connectivity index (χ0) is 18.6. The number of aliphatic hydroxyl groups is 2. The molecule has 2 aromatic carbocycles. The van der Waals surface area contributed by atoms with Gasteiger partial charge in [-0.15, -0.1) is 0 Å². The lowest BCUT2D eigenvalue weighted by Gasteiger charge is -2.20. The van der Waals surface area contributed by atoms with Crippen LogP contribution in [0.1, 0.15) is 25.0 Å². The highest BCUT2D eigenvalue weighted by molar-refractivity contribution is 6.32. The maximum atomic E-state index is 14.3. The lowest BCUT2D eigenvalue weighted by Crippen LogP contribution is -2.33. The van der Waals surface area contributed by atoms with Gasteiger partial charge < -0.3 is 15.5 Å². The third-order valence-corrected chi connectivity index (χ3v) is 4.20. The van der Waals surface area contributed by atoms with E-state index in [0.29, 0.717) is 16.2 Å². The van der Waals surface area contributed by atoms with Gasteiger partial charge in [0.2, 0.25) is 0 Å². The third-order valence-electron chi connectivity index (χ3n) is 3.88. The van der Waals surface area contributed by atoms with Crippen LogP contribution in [0.25, 0.3) is 11.6 Å². The lowest BCUT2D eigenvalue weighted by molar-refractivity contribution is 0.0838. The minimum atomic E-state index is -0.996. The number of allylic oxidation sites excluding steroid dienone is 1. The molecule has 0 amide bonds. The molecule has 0 aliphatic carbocycles. The molecule has 0 heterocycles. The minimum Gasteiger partial charge on any atom is -0.394 e. The standard InChI is InChI=1S/C19H20ClF2NO2/c1-11(19-14(20)4-3-5-15(19)21)8-13-6-7-17(16(22)9-13)23-12(2)18(25)10-24/h3-9,12,18,23-25H,10H2,1-2H3. The molecule has 25 heavy (non-hydrogen) atoms. The molecule has 2 unspecified atom stereocenters. The maximum Gasteiger partial charge on any atom is 0.146 e. The molecular formula is C19H20ClF2NO2. The molecule has 3 N–H and O–H groups in total. The van der Waals surface area contributed by atoms with Crippen molar-refractivity contribution in [2.24, 2.45) is 0 Å². The van der Waals surface area contributed by atoms with Gasteiger partial charge >= 0.3 is 0 Å². The van der Waals surface area contributed by atoms with Gasteiger partial charge in [-0.2, -0.15) is 0 Å². The number of aliphatic hydroxyl groups excluding tert-OH is 2. The summed E-state index contributed by atoms with van der Waals surface area (Å²) < 4.78 is 28.2. The first-order valence-electron chi connectivity index (χ1n) is 7.81. The fraction of sp³-hybridized carbons (Fsp3) is 0.263. The fourth-order valence-electron chi connectivity index (χ4n) is 2.43. The summed E-state index contributed by atoms with van der Waals surface area (Å²) in [4.78, 5) is 0. The third kappa shape index (κ3) is 4.78. The van der Waals surface area contributed by atoms with Crippen molar-refractivity contribution in [2.75, 3.05) is 11.9 Å². The lowest BCUT2D eigenvalue weighted by atomic mass is 10.0. The number of rotatable bonds is 6. The molecule has 0 aliphatic heterocycles. The van der Waals surface area contributed by atoms with Crippen molar-refractivity contribution in [3.63, 3.8) is 0 Å². The molecule has 3 nitrogen and oxygen atoms in total. The Morgan fingerprint density at radius 2 is 1.96 bits per heavy atom. The molecule has 0 saturated heterocycles. The van der Waals surface area contributed by atoms with Gasteiger partial charge in [-0.05, 0) is 49.2 Å². The van der Waals surface area contributed by atoms with Crippen LogP contribution < -0.4 is 5.32 Å². The zero-order valence-corrected chi connectivity index (χ0v) is 14.7. The molecule has 0 aromatic heterocycles. The van der Waals surface area contributed by atoms with E-state index < -0.39 is 30.4 Å². The summed E-state index contributed by atoms with van der Waals surface area (Å²) in [6.07, 6.45) is 0.646. The average molecular weight is 368 g/mol. The van der Waals surface area contributed by atoms with Gasteiger partial charge in [-0.3, -0.25) is 0 Å². The molecule has 2 atom stereocenters. The SMILES string of the molecule is CC(=Cc1ccc(NC(C)C(O)CO)c(F)c1)c1c(F)cccc1Cl. The number of hydrogen-bond donors (Lipinski definition) is 3. The van der Waals surface area contributed by atoms with Crippen molar-refractivity contribution in [3.05, 3.63) is 64.2 Å². The van der Waals surface area contributed by atoms with Gasteiger partial charge in [0.25, 0.3) is 0 Å². The predicted molar refractivity (Wildman–Crippen MR) is 97.5 cm³/mol. The number of anilines is 1. The van der Waals surface area contributed by atoms with Gasteiger partial charge in [0.1, 0.15) is 11.6 Å². The predicted octanol–water partition coefficient (Wildman–Crippen LogP) is 4.33. The van der Waals surface area contributed by atoms with E-state index in [2.05, 4.69) is 5.32 Å². The van der Waals surface area contributed by atoms with Gasteiger partial charge in [0.05, 0.1) is 29.5 Å². The van der Waals surface area contributed by atoms with Crippen molar-refractivity contribution in [2.45, 2.75) is 26.0 Å². The van der Waals surface area contributed by atoms with Crippen LogP contribution >= 0.6 is 11.6 Å². The normalized spacial score (nSPS) is 14.3. The van der Waals surface area contributed by atoms with Crippen LogP contribution in [0.3, 0.4) is 0 Å². The van der Waals surface area contributed by atoms with Gasteiger partial charge in [-0.25, -0.2) is 8.78 Å². The summed E-state index contributed by atoms with van der Waals surface area (Å²) in [7, 11) is 0. The second-order valence-electron chi connectivity index (χ2n) is 5.85. The van der Waals surface area contributed by atoms with Crippen LogP contribution in [0.4, 0.5) is 14.5 Å². The Balaban J connectivity index is 2.25. The minimum absolute atomic E-state index is 0.207. The summed E-state index contributed by atoms with van der Waals surface area (Å²) in [5.74, 6) is -0.954. The maximum absolute atomic E-state index is 14.3. The van der Waals surface area contributed by atoms with Gasteiger partial charge in [0.15, 0.2) is 0 Å². The van der Waals surface area contributed by atoms with Gasteiger partial charge in [0, 0.05) is 5.56 Å². The molecule has 134 valence electrons. The van der Waals surface area contributed by atoms with E-state index in [1.807, 2.05) is 0 Å². The summed E-state index contributed by atoms with van der Waals surface area (Å²) in [6, 6.07) is 8.42. The number of halogens is 3. The summed E-state index contributed by atoms with van der Waals surface area (Å²) in [5.41, 5.74) is 1.62. The van der Waals surface area contributed by atoms with Crippen molar-refractivity contribution < 1.29 is 19.0 Å². The molecule has 0 radical (unpaired) electrons. The Morgan fingerprint density at radius 3 is 2.56 bits per heavy atom. The Kier molecular flexibility index (Phi) is 6.53. The van der Waals surface area contributed by atoms with Crippen molar-refractivity contribution in [1.82, 2.24) is 0 Å². The Hall–Kier alpha value is -1.95. The van der Waals surface area contributed by atoms with E-state index in [0.717, 1.165) is 0 Å². The van der Waals surface area contributed by atoms with Crippen LogP contribution in [0.5, 0.6) is 0 Å². The van der Waals surface area contributed by atoms with Crippen molar-refractivity contribution in [1.29, 1.82) is 0 Å². The molecule has 0 fully saturated rings. The quantitative estimate of drug-likeness (QED) is 0.666. The second-order valence-corrected chi connectivity index (χ2v) is 6.25. The largest absolute Gasteiger partial charge is 0.394 e. The number of benzene rings is 2. The summed E-state index contributed by atoms with van der Waals surface area (Å²) >= 11 is 6.04. The van der Waals surface area contributed by atoms with E-state index in [1.165, 1.54) is 24.3 Å². The molecule has 6 heteroatoms. The van der Waals surface area contributed by atoms with Crippen LogP contribution in [-0.2, 0) is 0 Å². The highest BCUT2D eigenvalue weighted by atomic mass is 35.5. The first kappa shape index (κ1) is 19.4. The monoisotopic (exact) mass is 367 g/mol. The molecule has 0 aliphatic rings. The number of hydrogen-bond acceptors (Lipinski definition) is 3. The molecule has 2 rings (SSSR count). The fourth-order valence-corrected chi connectivity index (χ4v) is 2.75. The smallest absolute Gasteiger partial charge is 0.146 e. The Bertz CT molecular complexity index is 760. The summed E-state index contributed by atoms with van der Waals surface area (Å²) in [6.45, 7) is 2.92. The van der Waals surface area contributed by atoms with E-state index in [9.17, 15) is 13.9 Å². The first-order chi connectivity index (χ1) is 11.8. The van der Waals surface area contributed by atoms with Crippen molar-refractivity contribution in [3.8, 4) is 0 Å². The topological polar surface area (TPSA) is 52.5 Å². The highest BCUT2D eigenvalue weighted by Crippen LogP contribution is 2.28. The molecule has 0 bridgehead atoms. The van der Waals surface area contributed by atoms with Crippen LogP contribution in [0.2, 0.25) is 5.02 Å². The van der Waals surface area contributed by atoms with E-state index >= 15 is 0 Å². The van der Waals surface area contributed by atoms with E-state index in [4.69, 9.17) is 16.7 Å². The first-order valence-corrected chi connectivity index (χ1v) is 8.19. The van der Waals surface area contributed by atoms with Crippen LogP contribution in [0.15, 0.2) is 36.4 Å². The van der Waals surface area contributed by atoms with Crippen LogP contribution in [-0.4, -0.2) is 29.0 Å². The average Bonchev–Trinajstić information content (AvgIpc) is 2.56. The molecule has 0 spiro atoms. The Labute approximate surface area is 150 Å². The Morgan fingerprint density at radius 1 is 1.24 bits per heavy atom. The highest BCUT2D eigenvalue weighted by Gasteiger charge is 2.15.